The molecule has 2 aliphatic rings. The first-order chi connectivity index (χ1) is 12.5. The number of aliphatic hydroxyl groups excluding tert-OH is 1. The number of nitrogens with zero attached hydrogens (tertiary/aromatic N) is 1. The van der Waals surface area contributed by atoms with Gasteiger partial charge in [0.25, 0.3) is 0 Å². The van der Waals surface area contributed by atoms with Gasteiger partial charge in [0, 0.05) is 25.2 Å². The first-order valence-electron chi connectivity index (χ1n) is 9.33. The Hall–Kier alpha value is -1.01. The van der Waals surface area contributed by atoms with Crippen molar-refractivity contribution in [3.05, 3.63) is 27.7 Å². The summed E-state index contributed by atoms with van der Waals surface area (Å²) >= 11 is 12.3. The molecule has 5 nitrogen and oxygen atoms in total. The molecular formula is C19H26Cl2N2O3. The van der Waals surface area contributed by atoms with Crippen LogP contribution in [0.1, 0.15) is 43.8 Å². The van der Waals surface area contributed by atoms with Crippen LogP contribution in [0.2, 0.25) is 10.0 Å². The number of phenols is 1. The minimum Gasteiger partial charge on any atom is -0.508 e. The van der Waals surface area contributed by atoms with Crippen molar-refractivity contribution in [3.8, 4) is 5.75 Å². The maximum Gasteiger partial charge on any atom is 0.227 e. The van der Waals surface area contributed by atoms with Crippen molar-refractivity contribution in [3.63, 3.8) is 0 Å². The Bertz CT molecular complexity index is 650. The highest BCUT2D eigenvalue weighted by atomic mass is 35.5. The van der Waals surface area contributed by atoms with Gasteiger partial charge in [-0.1, -0.05) is 29.6 Å². The van der Waals surface area contributed by atoms with Crippen molar-refractivity contribution in [2.45, 2.75) is 38.2 Å². The van der Waals surface area contributed by atoms with Crippen LogP contribution in [0, 0.1) is 11.8 Å². The number of aliphatic hydroxyl groups is 1. The van der Waals surface area contributed by atoms with E-state index in [0.29, 0.717) is 23.6 Å². The summed E-state index contributed by atoms with van der Waals surface area (Å²) in [5, 5.41) is 24.8. The summed E-state index contributed by atoms with van der Waals surface area (Å²) in [4.78, 5) is 14.7. The molecule has 0 spiro atoms. The average Bonchev–Trinajstić information content (AvgIpc) is 3.12. The summed E-state index contributed by atoms with van der Waals surface area (Å²) < 4.78 is 0. The number of rotatable bonds is 3. The molecule has 2 aliphatic heterocycles. The number of likely N-dealkylation sites (tertiary alicyclic amines) is 1. The van der Waals surface area contributed by atoms with E-state index < -0.39 is 6.10 Å². The number of nitrogens with one attached hydrogen (secondary N) is 1. The maximum absolute atomic E-state index is 12.7. The molecule has 0 unspecified atom stereocenters. The highest BCUT2D eigenvalue weighted by Crippen LogP contribution is 2.41. The molecule has 0 bridgehead atoms. The third kappa shape index (κ3) is 4.28. The molecule has 2 heterocycles. The lowest BCUT2D eigenvalue weighted by Crippen LogP contribution is -2.40. The van der Waals surface area contributed by atoms with Crippen LogP contribution in [0.15, 0.2) is 12.1 Å². The van der Waals surface area contributed by atoms with Gasteiger partial charge in [0.2, 0.25) is 5.91 Å². The highest BCUT2D eigenvalue weighted by Gasteiger charge is 2.31. The zero-order valence-electron chi connectivity index (χ0n) is 14.8. The van der Waals surface area contributed by atoms with Gasteiger partial charge in [0.1, 0.15) is 5.75 Å². The minimum atomic E-state index is -0.899. The van der Waals surface area contributed by atoms with Crippen LogP contribution in [0.3, 0.4) is 0 Å². The standard InChI is InChI=1S/C19H26Cl2N2O3/c20-14-4-5-15(24)16(17(14)21)18(25)12-3-1-2-9-23(10-7-12)19(26)13-6-8-22-11-13/h4-5,12-13,18,22,24-25H,1-3,6-11H2/t12-,13-,18+/m0/s1. The van der Waals surface area contributed by atoms with E-state index in [9.17, 15) is 15.0 Å². The number of benzene rings is 1. The highest BCUT2D eigenvalue weighted by molar-refractivity contribution is 6.42. The van der Waals surface area contributed by atoms with Crippen molar-refractivity contribution in [2.24, 2.45) is 11.8 Å². The average molecular weight is 401 g/mol. The van der Waals surface area contributed by atoms with Gasteiger partial charge in [-0.05, 0) is 50.3 Å². The van der Waals surface area contributed by atoms with Gasteiger partial charge in [-0.15, -0.1) is 0 Å². The first kappa shape index (κ1) is 19.7. The largest absolute Gasteiger partial charge is 0.508 e. The second-order valence-electron chi connectivity index (χ2n) is 7.30. The maximum atomic E-state index is 12.7. The number of amides is 1. The monoisotopic (exact) mass is 400 g/mol. The Balaban J connectivity index is 1.71. The number of carbonyl (C=O) groups is 1. The lowest BCUT2D eigenvalue weighted by Gasteiger charge is -2.32. The fraction of sp³-hybridized carbons (Fsp3) is 0.632. The first-order valence-corrected chi connectivity index (χ1v) is 10.1. The lowest BCUT2D eigenvalue weighted by molar-refractivity contribution is -0.135. The Labute approximate surface area is 164 Å². The number of phenolic OH excluding ortho intramolecular Hbond substituents is 1. The third-order valence-corrected chi connectivity index (χ3v) is 6.41. The van der Waals surface area contributed by atoms with Gasteiger partial charge in [-0.3, -0.25) is 4.79 Å². The van der Waals surface area contributed by atoms with Gasteiger partial charge in [0.05, 0.1) is 22.1 Å². The molecule has 1 aromatic carbocycles. The van der Waals surface area contributed by atoms with E-state index in [0.717, 1.165) is 45.3 Å². The molecule has 3 rings (SSSR count). The van der Waals surface area contributed by atoms with E-state index in [1.54, 1.807) is 0 Å². The molecular weight excluding hydrogens is 375 g/mol. The second kappa shape index (κ2) is 8.79. The van der Waals surface area contributed by atoms with Gasteiger partial charge >= 0.3 is 0 Å². The van der Waals surface area contributed by atoms with E-state index in [4.69, 9.17) is 23.2 Å². The molecule has 0 saturated carbocycles. The van der Waals surface area contributed by atoms with Gasteiger partial charge < -0.3 is 20.4 Å². The molecule has 3 atom stereocenters. The van der Waals surface area contributed by atoms with E-state index in [1.165, 1.54) is 12.1 Å². The van der Waals surface area contributed by atoms with Crippen LogP contribution < -0.4 is 5.32 Å². The minimum absolute atomic E-state index is 0.0427. The fourth-order valence-electron chi connectivity index (χ4n) is 4.02. The molecule has 0 radical (unpaired) electrons. The van der Waals surface area contributed by atoms with Gasteiger partial charge in [0.15, 0.2) is 0 Å². The van der Waals surface area contributed by atoms with E-state index in [2.05, 4.69) is 5.32 Å². The molecule has 26 heavy (non-hydrogen) atoms. The normalized spacial score (nSPS) is 25.6. The summed E-state index contributed by atoms with van der Waals surface area (Å²) in [6.45, 7) is 3.06. The molecule has 2 fully saturated rings. The zero-order valence-corrected chi connectivity index (χ0v) is 16.3. The predicted octanol–water partition coefficient (Wildman–Crippen LogP) is 3.36. The third-order valence-electron chi connectivity index (χ3n) is 5.60. The second-order valence-corrected chi connectivity index (χ2v) is 8.08. The van der Waals surface area contributed by atoms with E-state index in [-0.39, 0.29) is 28.5 Å². The van der Waals surface area contributed by atoms with E-state index >= 15 is 0 Å². The molecule has 7 heteroatoms. The molecule has 3 N–H and O–H groups in total. The van der Waals surface area contributed by atoms with Crippen molar-refractivity contribution in [2.75, 3.05) is 26.2 Å². The summed E-state index contributed by atoms with van der Waals surface area (Å²) in [6.07, 6.45) is 3.35. The Morgan fingerprint density at radius 2 is 2.00 bits per heavy atom. The molecule has 2 saturated heterocycles. The van der Waals surface area contributed by atoms with Crippen molar-refractivity contribution < 1.29 is 15.0 Å². The summed E-state index contributed by atoms with van der Waals surface area (Å²) in [7, 11) is 0. The van der Waals surface area contributed by atoms with Crippen molar-refractivity contribution in [1.82, 2.24) is 10.2 Å². The molecule has 144 valence electrons. The number of aromatic hydroxyl groups is 1. The number of halogens is 2. The van der Waals surface area contributed by atoms with Crippen LogP contribution >= 0.6 is 23.2 Å². The Morgan fingerprint density at radius 1 is 1.19 bits per heavy atom. The molecule has 1 aromatic rings. The molecule has 0 aromatic heterocycles. The fourth-order valence-corrected chi connectivity index (χ4v) is 4.46. The van der Waals surface area contributed by atoms with Crippen LogP contribution in [-0.2, 0) is 4.79 Å². The smallest absolute Gasteiger partial charge is 0.227 e. The number of carbonyl (C=O) groups excluding carboxylic acids is 1. The van der Waals surface area contributed by atoms with Crippen molar-refractivity contribution >= 4 is 29.1 Å². The molecule has 0 aliphatic carbocycles. The summed E-state index contributed by atoms with van der Waals surface area (Å²) in [6, 6.07) is 2.97. The summed E-state index contributed by atoms with van der Waals surface area (Å²) in [5.41, 5.74) is 0.294. The van der Waals surface area contributed by atoms with Gasteiger partial charge in [-0.25, -0.2) is 0 Å². The Kier molecular flexibility index (Phi) is 6.67. The van der Waals surface area contributed by atoms with Crippen LogP contribution in [0.5, 0.6) is 5.75 Å². The van der Waals surface area contributed by atoms with Gasteiger partial charge in [-0.2, -0.15) is 0 Å². The zero-order chi connectivity index (χ0) is 18.7. The van der Waals surface area contributed by atoms with Crippen LogP contribution in [0.25, 0.3) is 0 Å². The number of hydrogen-bond donors (Lipinski definition) is 3. The van der Waals surface area contributed by atoms with Crippen LogP contribution in [-0.4, -0.2) is 47.2 Å². The van der Waals surface area contributed by atoms with E-state index in [1.807, 2.05) is 4.90 Å². The predicted molar refractivity (Wildman–Crippen MR) is 103 cm³/mol. The lowest BCUT2D eigenvalue weighted by atomic mass is 9.86. The summed E-state index contributed by atoms with van der Waals surface area (Å²) in [5.74, 6) is 0.172. The van der Waals surface area contributed by atoms with Crippen LogP contribution in [0.4, 0.5) is 0 Å². The topological polar surface area (TPSA) is 72.8 Å². The SMILES string of the molecule is O=C([C@H]1CCNC1)N1CCCC[C@H]([C@@H](O)c2c(O)ccc(Cl)c2Cl)CC1. The quantitative estimate of drug-likeness (QED) is 0.726. The number of hydrogen-bond acceptors (Lipinski definition) is 4. The van der Waals surface area contributed by atoms with Crippen molar-refractivity contribution in [1.29, 1.82) is 0 Å². The Morgan fingerprint density at radius 3 is 2.73 bits per heavy atom. The molecule has 1 amide bonds.